The fourth-order valence-electron chi connectivity index (χ4n) is 3.34. The molecule has 0 aliphatic carbocycles. The maximum Gasteiger partial charge on any atom is 0.345 e. The van der Waals surface area contributed by atoms with Gasteiger partial charge in [0.2, 0.25) is 0 Å². The second kappa shape index (κ2) is 18.7. The maximum atomic E-state index is 11.9. The van der Waals surface area contributed by atoms with Crippen molar-refractivity contribution in [2.45, 2.75) is 116 Å². The average molecular weight is 415 g/mol. The number of aliphatic hydroxyl groups excluding tert-OH is 2. The second-order valence-electron chi connectivity index (χ2n) is 7.99. The van der Waals surface area contributed by atoms with Gasteiger partial charge in [-0.25, -0.2) is 4.79 Å². The van der Waals surface area contributed by atoms with Gasteiger partial charge in [-0.05, 0) is 13.3 Å². The Morgan fingerprint density at radius 2 is 1.14 bits per heavy atom. The summed E-state index contributed by atoms with van der Waals surface area (Å²) in [4.78, 5) is 34.9. The van der Waals surface area contributed by atoms with Crippen LogP contribution in [0, 0.1) is 5.92 Å². The number of hydrogen-bond acceptors (Lipinski definition) is 6. The molecule has 0 aromatic heterocycles. The first-order valence-electron chi connectivity index (χ1n) is 11.5. The molecule has 6 heteroatoms. The lowest BCUT2D eigenvalue weighted by Crippen LogP contribution is -2.33. The molecule has 0 aliphatic heterocycles. The molecule has 29 heavy (non-hydrogen) atoms. The molecule has 0 aliphatic rings. The van der Waals surface area contributed by atoms with Crippen LogP contribution in [0.15, 0.2) is 0 Å². The molecule has 2 unspecified atom stereocenters. The molecule has 0 saturated heterocycles. The first-order valence-corrected chi connectivity index (χ1v) is 11.5. The fraction of sp³-hybridized carbons (Fsp3) is 0.870. The zero-order valence-electron chi connectivity index (χ0n) is 18.5. The topological polar surface area (TPSA) is 101 Å². The molecule has 2 N–H and O–H groups in total. The van der Waals surface area contributed by atoms with Crippen LogP contribution in [-0.2, 0) is 19.1 Å². The highest BCUT2D eigenvalue weighted by atomic mass is 16.6. The molecule has 2 atom stereocenters. The molecule has 6 nitrogen and oxygen atoms in total. The van der Waals surface area contributed by atoms with Crippen molar-refractivity contribution in [3.05, 3.63) is 0 Å². The molecule has 0 rings (SSSR count). The predicted molar refractivity (Wildman–Crippen MR) is 113 cm³/mol. The summed E-state index contributed by atoms with van der Waals surface area (Å²) in [5.74, 6) is -3.49. The van der Waals surface area contributed by atoms with Crippen LogP contribution in [0.2, 0.25) is 0 Å². The van der Waals surface area contributed by atoms with Crippen LogP contribution >= 0.6 is 0 Å². The number of carbonyl (C=O) groups excluding carboxylic acids is 3. The largest absolute Gasteiger partial charge is 0.393 e. The molecular weight excluding hydrogens is 372 g/mol. The van der Waals surface area contributed by atoms with E-state index in [4.69, 9.17) is 10.2 Å². The summed E-state index contributed by atoms with van der Waals surface area (Å²) >= 11 is 0. The van der Waals surface area contributed by atoms with E-state index in [2.05, 4.69) is 11.7 Å². The number of esters is 2. The van der Waals surface area contributed by atoms with Gasteiger partial charge in [0, 0.05) is 0 Å². The molecule has 0 spiro atoms. The minimum absolute atomic E-state index is 0.342. The molecule has 0 fully saturated rings. The van der Waals surface area contributed by atoms with Gasteiger partial charge >= 0.3 is 11.9 Å². The van der Waals surface area contributed by atoms with E-state index in [-0.39, 0.29) is 5.78 Å². The quantitative estimate of drug-likeness (QED) is 0.183. The van der Waals surface area contributed by atoms with Crippen molar-refractivity contribution >= 4 is 17.7 Å². The number of unbranched alkanes of at least 4 members (excludes halogenated alkanes) is 13. The van der Waals surface area contributed by atoms with E-state index < -0.39 is 30.6 Å². The Morgan fingerprint density at radius 3 is 1.52 bits per heavy atom. The summed E-state index contributed by atoms with van der Waals surface area (Å²) < 4.78 is 4.49. The van der Waals surface area contributed by atoms with E-state index in [1.165, 1.54) is 71.1 Å². The van der Waals surface area contributed by atoms with E-state index in [1.54, 1.807) is 0 Å². The molecule has 0 amide bonds. The average Bonchev–Trinajstić information content (AvgIpc) is 2.69. The van der Waals surface area contributed by atoms with Gasteiger partial charge in [0.1, 0.15) is 11.7 Å². The van der Waals surface area contributed by atoms with Gasteiger partial charge in [-0.15, -0.1) is 0 Å². The third-order valence-corrected chi connectivity index (χ3v) is 5.27. The number of Topliss-reactive ketones (excluding diaryl/α,β-unsaturated/α-hetero) is 1. The second-order valence-corrected chi connectivity index (χ2v) is 7.99. The Kier molecular flexibility index (Phi) is 17.9. The smallest absolute Gasteiger partial charge is 0.345 e. The number of aliphatic hydroxyl groups is 2. The van der Waals surface area contributed by atoms with E-state index >= 15 is 0 Å². The molecular formula is C23H42O6. The summed E-state index contributed by atoms with van der Waals surface area (Å²) in [6.45, 7) is 2.71. The Morgan fingerprint density at radius 1 is 0.724 bits per heavy atom. The molecule has 0 aromatic carbocycles. The van der Waals surface area contributed by atoms with Crippen LogP contribution in [0.25, 0.3) is 0 Å². The summed E-state index contributed by atoms with van der Waals surface area (Å²) in [6.07, 6.45) is 15.7. The number of ether oxygens (including phenoxy) is 1. The molecule has 0 radical (unpaired) electrons. The van der Waals surface area contributed by atoms with Crippen LogP contribution in [0.1, 0.15) is 110 Å². The highest BCUT2D eigenvalue weighted by Crippen LogP contribution is 2.16. The van der Waals surface area contributed by atoms with Gasteiger partial charge in [0.25, 0.3) is 0 Å². The molecule has 0 saturated carbocycles. The van der Waals surface area contributed by atoms with Gasteiger partial charge in [-0.1, -0.05) is 96.8 Å². The van der Waals surface area contributed by atoms with Crippen molar-refractivity contribution in [1.82, 2.24) is 0 Å². The van der Waals surface area contributed by atoms with Crippen LogP contribution in [0.5, 0.6) is 0 Å². The summed E-state index contributed by atoms with van der Waals surface area (Å²) in [5.41, 5.74) is 0. The Bertz CT molecular complexity index is 449. The number of rotatable bonds is 19. The van der Waals surface area contributed by atoms with E-state index in [9.17, 15) is 14.4 Å². The highest BCUT2D eigenvalue weighted by Gasteiger charge is 2.28. The number of ketones is 1. The van der Waals surface area contributed by atoms with E-state index in [0.29, 0.717) is 12.8 Å². The van der Waals surface area contributed by atoms with Crippen LogP contribution < -0.4 is 0 Å². The minimum atomic E-state index is -1.76. The lowest BCUT2D eigenvalue weighted by atomic mass is 9.97. The van der Waals surface area contributed by atoms with Crippen LogP contribution in [0.3, 0.4) is 0 Å². The number of hydrogen-bond donors (Lipinski definition) is 2. The van der Waals surface area contributed by atoms with Crippen molar-refractivity contribution in [2.24, 2.45) is 5.92 Å². The standard InChI is InChI=1S/C23H42O6/c1-3-4-5-6-7-8-9-10-11-12-13-14-15-16-17-20(19(2)25)22(27)29-23(28)21(26)18-24/h20-21,24,26H,3-18H2,1-2H3. The molecule has 0 aromatic rings. The predicted octanol–water partition coefficient (Wildman–Crippen LogP) is 4.49. The zero-order chi connectivity index (χ0) is 21.9. The van der Waals surface area contributed by atoms with Crippen molar-refractivity contribution in [1.29, 1.82) is 0 Å². The maximum absolute atomic E-state index is 11.9. The fourth-order valence-corrected chi connectivity index (χ4v) is 3.34. The van der Waals surface area contributed by atoms with Gasteiger partial charge in [-0.3, -0.25) is 9.59 Å². The zero-order valence-corrected chi connectivity index (χ0v) is 18.5. The molecule has 0 heterocycles. The van der Waals surface area contributed by atoms with Crippen molar-refractivity contribution in [3.63, 3.8) is 0 Å². The van der Waals surface area contributed by atoms with E-state index in [0.717, 1.165) is 19.3 Å². The van der Waals surface area contributed by atoms with Gasteiger partial charge in [-0.2, -0.15) is 0 Å². The number of carbonyl (C=O) groups is 3. The third kappa shape index (κ3) is 15.3. The highest BCUT2D eigenvalue weighted by molar-refractivity contribution is 6.01. The van der Waals surface area contributed by atoms with E-state index in [1.807, 2.05) is 0 Å². The summed E-state index contributed by atoms with van der Waals surface area (Å²) in [6, 6.07) is 0. The lowest BCUT2D eigenvalue weighted by molar-refractivity contribution is -0.170. The minimum Gasteiger partial charge on any atom is -0.393 e. The first kappa shape index (κ1) is 27.7. The Balaban J connectivity index is 3.71. The normalized spacial score (nSPS) is 13.1. The van der Waals surface area contributed by atoms with Gasteiger partial charge in [0.15, 0.2) is 6.10 Å². The first-order chi connectivity index (χ1) is 13.9. The SMILES string of the molecule is CCCCCCCCCCCCCCCCC(C(C)=O)C(=O)OC(=O)C(O)CO. The van der Waals surface area contributed by atoms with Crippen LogP contribution in [0.4, 0.5) is 0 Å². The Labute approximate surface area is 176 Å². The lowest BCUT2D eigenvalue weighted by Gasteiger charge is -2.13. The Hall–Kier alpha value is -1.27. The summed E-state index contributed by atoms with van der Waals surface area (Å²) in [7, 11) is 0. The molecule has 0 bridgehead atoms. The van der Waals surface area contributed by atoms with Gasteiger partial charge in [0.05, 0.1) is 6.61 Å². The summed E-state index contributed by atoms with van der Waals surface area (Å²) in [5, 5.41) is 17.8. The van der Waals surface area contributed by atoms with Crippen molar-refractivity contribution in [3.8, 4) is 0 Å². The monoisotopic (exact) mass is 414 g/mol. The molecule has 170 valence electrons. The third-order valence-electron chi connectivity index (χ3n) is 5.27. The van der Waals surface area contributed by atoms with Gasteiger partial charge < -0.3 is 14.9 Å². The van der Waals surface area contributed by atoms with Crippen LogP contribution in [-0.4, -0.2) is 40.6 Å². The van der Waals surface area contributed by atoms with Crippen molar-refractivity contribution < 1.29 is 29.3 Å². The van der Waals surface area contributed by atoms with Crippen molar-refractivity contribution in [2.75, 3.05) is 6.61 Å².